The molecule has 0 aromatic rings. The molecule has 0 aliphatic carbocycles. The summed E-state index contributed by atoms with van der Waals surface area (Å²) < 4.78 is 0. The van der Waals surface area contributed by atoms with Gasteiger partial charge in [0, 0.05) is 6.42 Å². The minimum absolute atomic E-state index is 0.143. The van der Waals surface area contributed by atoms with Gasteiger partial charge in [-0.3, -0.25) is 4.89 Å². The maximum Gasteiger partial charge on any atom is 0.343 e. The van der Waals surface area contributed by atoms with Crippen LogP contribution in [0.4, 0.5) is 0 Å². The van der Waals surface area contributed by atoms with Crippen molar-refractivity contribution in [1.82, 2.24) is 0 Å². The quantitative estimate of drug-likeness (QED) is 0.341. The van der Waals surface area contributed by atoms with E-state index in [0.29, 0.717) is 6.42 Å². The molecule has 0 N–H and O–H groups in total. The second kappa shape index (κ2) is 5.45. The molecule has 0 spiro atoms. The van der Waals surface area contributed by atoms with E-state index < -0.39 is 11.1 Å². The molecule has 0 heterocycles. The molecule has 0 aromatic heterocycles. The third-order valence-corrected chi connectivity index (χ3v) is 0.926. The highest BCUT2D eigenvalue weighted by Crippen LogP contribution is 1.96. The van der Waals surface area contributed by atoms with Gasteiger partial charge in [0.2, 0.25) is 0 Å². The number of rotatable bonds is 5. The predicted octanol–water partition coefficient (Wildman–Crippen LogP) is 0.843. The van der Waals surface area contributed by atoms with E-state index in [4.69, 9.17) is 0 Å². The maximum atomic E-state index is 10.5. The summed E-state index contributed by atoms with van der Waals surface area (Å²) >= 11 is 0. The second-order valence-electron chi connectivity index (χ2n) is 1.86. The number of hydrogen-bond donors (Lipinski definition) is 0. The first kappa shape index (κ1) is 9.67. The van der Waals surface area contributed by atoms with Crippen LogP contribution in [0.2, 0.25) is 0 Å². The van der Waals surface area contributed by atoms with Gasteiger partial charge >= 0.3 is 11.1 Å². The fraction of sp³-hybridized carbons (Fsp3) is 0.800. The number of hydrogen-bond acceptors (Lipinski definition) is 5. The van der Waals surface area contributed by atoms with Crippen molar-refractivity contribution >= 4 is 5.97 Å². The third kappa shape index (κ3) is 6.56. The van der Waals surface area contributed by atoms with Crippen molar-refractivity contribution in [1.29, 1.82) is 0 Å². The smallest absolute Gasteiger partial charge is 0.261 e. The lowest BCUT2D eigenvalue weighted by Crippen LogP contribution is -2.08. The van der Waals surface area contributed by atoms with E-state index in [-0.39, 0.29) is 6.42 Å². The average molecular weight is 163 g/mol. The molecule has 6 heteroatoms. The number of carbonyl (C=O) groups excluding carboxylic acids is 1. The van der Waals surface area contributed by atoms with E-state index in [9.17, 15) is 14.9 Å². The van der Waals surface area contributed by atoms with Gasteiger partial charge in [0.25, 0.3) is 0 Å². The first-order valence-corrected chi connectivity index (χ1v) is 3.18. The lowest BCUT2D eigenvalue weighted by molar-refractivity contribution is -0.839. The summed E-state index contributed by atoms with van der Waals surface area (Å²) in [6, 6.07) is 0. The topological polar surface area (TPSA) is 78.7 Å². The van der Waals surface area contributed by atoms with Gasteiger partial charge in [-0.15, -0.1) is 10.1 Å². The van der Waals surface area contributed by atoms with Crippen molar-refractivity contribution in [2.75, 3.05) is 0 Å². The van der Waals surface area contributed by atoms with Gasteiger partial charge in [0.05, 0.1) is 0 Å². The van der Waals surface area contributed by atoms with Gasteiger partial charge < -0.3 is 0 Å². The largest absolute Gasteiger partial charge is 0.343 e. The molecule has 0 aliphatic heterocycles. The molecule has 0 aromatic carbocycles. The molecule has 0 amide bonds. The first-order chi connectivity index (χ1) is 5.16. The van der Waals surface area contributed by atoms with Crippen molar-refractivity contribution in [3.05, 3.63) is 10.1 Å². The van der Waals surface area contributed by atoms with Crippen LogP contribution >= 0.6 is 0 Å². The summed E-state index contributed by atoms with van der Waals surface area (Å²) in [4.78, 5) is 27.1. The molecule has 0 bridgehead atoms. The summed E-state index contributed by atoms with van der Waals surface area (Å²) in [5.74, 6) is -0.719. The SMILES string of the molecule is CCCCC(=O)OO[N+](=O)[O-]. The molecule has 0 rings (SSSR count). The van der Waals surface area contributed by atoms with E-state index in [1.54, 1.807) is 0 Å². The Labute approximate surface area is 63.1 Å². The van der Waals surface area contributed by atoms with Gasteiger partial charge in [0.1, 0.15) is 0 Å². The van der Waals surface area contributed by atoms with Crippen LogP contribution in [0, 0.1) is 10.1 Å². The highest BCUT2D eigenvalue weighted by atomic mass is 17.3. The zero-order valence-electron chi connectivity index (χ0n) is 6.11. The Hall–Kier alpha value is -1.33. The summed E-state index contributed by atoms with van der Waals surface area (Å²) in [6.45, 7) is 1.89. The Morgan fingerprint density at radius 1 is 1.64 bits per heavy atom. The van der Waals surface area contributed by atoms with Crippen LogP contribution in [0.15, 0.2) is 0 Å². The van der Waals surface area contributed by atoms with Crippen LogP contribution in [0.3, 0.4) is 0 Å². The third-order valence-electron chi connectivity index (χ3n) is 0.926. The molecule has 0 fully saturated rings. The maximum absolute atomic E-state index is 10.5. The fourth-order valence-electron chi connectivity index (χ4n) is 0.435. The molecule has 0 radical (unpaired) electrons. The van der Waals surface area contributed by atoms with Gasteiger partial charge in [-0.25, -0.2) is 4.79 Å². The Kier molecular flexibility index (Phi) is 4.80. The average Bonchev–Trinajstić information content (AvgIpc) is 1.97. The van der Waals surface area contributed by atoms with Gasteiger partial charge in [-0.05, 0) is 6.42 Å². The van der Waals surface area contributed by atoms with E-state index in [1.165, 1.54) is 0 Å². The monoisotopic (exact) mass is 163 g/mol. The highest BCUT2D eigenvalue weighted by molar-refractivity contribution is 5.68. The lowest BCUT2D eigenvalue weighted by atomic mass is 10.3. The van der Waals surface area contributed by atoms with Crippen LogP contribution in [0.1, 0.15) is 26.2 Å². The van der Waals surface area contributed by atoms with E-state index in [0.717, 1.165) is 6.42 Å². The number of carbonyl (C=O) groups is 1. The molecule has 0 saturated carbocycles. The standard InChI is InChI=1S/C5H9NO5/c1-2-3-4-5(7)10-11-6(8)9/h2-4H2,1H3. The summed E-state index contributed by atoms with van der Waals surface area (Å²) in [7, 11) is 0. The van der Waals surface area contributed by atoms with Crippen LogP contribution < -0.4 is 0 Å². The van der Waals surface area contributed by atoms with Gasteiger partial charge in [-0.1, -0.05) is 18.3 Å². The first-order valence-electron chi connectivity index (χ1n) is 3.18. The van der Waals surface area contributed by atoms with Crippen molar-refractivity contribution in [3.63, 3.8) is 0 Å². The van der Waals surface area contributed by atoms with Crippen LogP contribution in [-0.2, 0) is 14.7 Å². The van der Waals surface area contributed by atoms with Gasteiger partial charge in [0.15, 0.2) is 0 Å². The van der Waals surface area contributed by atoms with Crippen molar-refractivity contribution in [2.45, 2.75) is 26.2 Å². The molecule has 0 atom stereocenters. The minimum Gasteiger partial charge on any atom is -0.261 e. The normalized spacial score (nSPS) is 8.82. The minimum atomic E-state index is -1.18. The van der Waals surface area contributed by atoms with Gasteiger partial charge in [-0.2, -0.15) is 0 Å². The molecular weight excluding hydrogens is 154 g/mol. The van der Waals surface area contributed by atoms with Crippen molar-refractivity contribution in [2.24, 2.45) is 0 Å². The summed E-state index contributed by atoms with van der Waals surface area (Å²) in [6.07, 6.45) is 1.61. The fourth-order valence-corrected chi connectivity index (χ4v) is 0.435. The summed E-state index contributed by atoms with van der Waals surface area (Å²) in [5.41, 5.74) is 0. The van der Waals surface area contributed by atoms with Crippen LogP contribution in [0.25, 0.3) is 0 Å². The Morgan fingerprint density at radius 2 is 2.27 bits per heavy atom. The highest BCUT2D eigenvalue weighted by Gasteiger charge is 2.04. The zero-order valence-corrected chi connectivity index (χ0v) is 6.11. The lowest BCUT2D eigenvalue weighted by Gasteiger charge is -1.96. The van der Waals surface area contributed by atoms with E-state index >= 15 is 0 Å². The van der Waals surface area contributed by atoms with Crippen molar-refractivity contribution < 1.29 is 19.8 Å². The predicted molar refractivity (Wildman–Crippen MR) is 33.7 cm³/mol. The molecule has 0 unspecified atom stereocenters. The molecule has 0 aliphatic rings. The Morgan fingerprint density at radius 3 is 2.73 bits per heavy atom. The molecule has 11 heavy (non-hydrogen) atoms. The Bertz CT molecular complexity index is 146. The van der Waals surface area contributed by atoms with E-state index in [1.807, 2.05) is 6.92 Å². The molecule has 64 valence electrons. The van der Waals surface area contributed by atoms with Crippen LogP contribution in [-0.4, -0.2) is 11.1 Å². The molecule has 6 nitrogen and oxygen atoms in total. The second-order valence-corrected chi connectivity index (χ2v) is 1.86. The summed E-state index contributed by atoms with van der Waals surface area (Å²) in [5, 5.41) is 8.31. The Balaban J connectivity index is 3.30. The number of nitrogens with zero attached hydrogens (tertiary/aromatic N) is 1. The number of unbranched alkanes of at least 4 members (excludes halogenated alkanes) is 1. The van der Waals surface area contributed by atoms with Crippen molar-refractivity contribution in [3.8, 4) is 0 Å². The molecular formula is C5H9NO5. The molecule has 0 saturated heterocycles. The van der Waals surface area contributed by atoms with Crippen LogP contribution in [0.5, 0.6) is 0 Å². The van der Waals surface area contributed by atoms with E-state index in [2.05, 4.69) is 9.88 Å². The zero-order chi connectivity index (χ0) is 8.69.